The molecule has 1 unspecified atom stereocenters. The SMILES string of the molecule is CSc1nccnc1C(O)c1ccc(C#N)cc1. The van der Waals surface area contributed by atoms with Gasteiger partial charge in [-0.25, -0.2) is 4.98 Å². The van der Waals surface area contributed by atoms with Crippen LogP contribution >= 0.6 is 11.8 Å². The van der Waals surface area contributed by atoms with Gasteiger partial charge in [-0.05, 0) is 24.0 Å². The lowest BCUT2D eigenvalue weighted by atomic mass is 10.1. The number of hydrogen-bond acceptors (Lipinski definition) is 5. The number of thioether (sulfide) groups is 1. The normalized spacial score (nSPS) is 11.8. The Hall–Kier alpha value is -1.90. The minimum Gasteiger partial charge on any atom is -0.382 e. The molecule has 1 heterocycles. The molecule has 0 bridgehead atoms. The summed E-state index contributed by atoms with van der Waals surface area (Å²) in [5.74, 6) is 0. The average Bonchev–Trinajstić information content (AvgIpc) is 2.46. The number of nitrogens with zero attached hydrogens (tertiary/aromatic N) is 3. The Balaban J connectivity index is 2.35. The highest BCUT2D eigenvalue weighted by Gasteiger charge is 2.16. The summed E-state index contributed by atoms with van der Waals surface area (Å²) in [5.41, 5.74) is 1.80. The summed E-state index contributed by atoms with van der Waals surface area (Å²) in [6, 6.07) is 8.84. The summed E-state index contributed by atoms with van der Waals surface area (Å²) in [4.78, 5) is 8.34. The monoisotopic (exact) mass is 257 g/mol. The minimum atomic E-state index is -0.825. The number of nitriles is 1. The molecule has 90 valence electrons. The van der Waals surface area contributed by atoms with Gasteiger partial charge >= 0.3 is 0 Å². The van der Waals surface area contributed by atoms with Gasteiger partial charge in [0, 0.05) is 12.4 Å². The first kappa shape index (κ1) is 12.6. The summed E-state index contributed by atoms with van der Waals surface area (Å²) < 4.78 is 0. The fraction of sp³-hybridized carbons (Fsp3) is 0.154. The third-order valence-corrected chi connectivity index (χ3v) is 3.20. The van der Waals surface area contributed by atoms with Gasteiger partial charge in [-0.15, -0.1) is 11.8 Å². The fourth-order valence-electron chi connectivity index (χ4n) is 1.58. The lowest BCUT2D eigenvalue weighted by molar-refractivity contribution is 0.211. The zero-order valence-corrected chi connectivity index (χ0v) is 10.6. The highest BCUT2D eigenvalue weighted by atomic mass is 32.2. The van der Waals surface area contributed by atoms with Gasteiger partial charge in [-0.2, -0.15) is 5.26 Å². The number of aromatic nitrogens is 2. The van der Waals surface area contributed by atoms with Gasteiger partial charge in [0.1, 0.15) is 16.8 Å². The highest BCUT2D eigenvalue weighted by molar-refractivity contribution is 7.98. The molecule has 1 aromatic heterocycles. The molecule has 0 amide bonds. The average molecular weight is 257 g/mol. The molecule has 0 radical (unpaired) electrons. The van der Waals surface area contributed by atoms with Gasteiger partial charge in [0.25, 0.3) is 0 Å². The molecule has 0 aliphatic carbocycles. The van der Waals surface area contributed by atoms with Crippen molar-refractivity contribution in [3.05, 3.63) is 53.5 Å². The Kier molecular flexibility index (Phi) is 3.92. The van der Waals surface area contributed by atoms with Crippen molar-refractivity contribution >= 4 is 11.8 Å². The van der Waals surface area contributed by atoms with Crippen molar-refractivity contribution in [2.75, 3.05) is 6.26 Å². The number of aliphatic hydroxyl groups is 1. The molecule has 1 N–H and O–H groups in total. The van der Waals surface area contributed by atoms with E-state index in [-0.39, 0.29) is 0 Å². The fourth-order valence-corrected chi connectivity index (χ4v) is 2.12. The van der Waals surface area contributed by atoms with Gasteiger partial charge in [0.05, 0.1) is 11.6 Å². The van der Waals surface area contributed by atoms with Crippen molar-refractivity contribution in [3.8, 4) is 6.07 Å². The standard InChI is InChI=1S/C13H11N3OS/c1-18-13-11(15-6-7-16-13)12(17)10-4-2-9(8-14)3-5-10/h2-7,12,17H,1H3. The summed E-state index contributed by atoms with van der Waals surface area (Å²) >= 11 is 1.44. The molecule has 1 aromatic carbocycles. The smallest absolute Gasteiger partial charge is 0.124 e. The van der Waals surface area contributed by atoms with Crippen LogP contribution in [0.15, 0.2) is 41.7 Å². The molecular formula is C13H11N3OS. The van der Waals surface area contributed by atoms with Crippen LogP contribution < -0.4 is 0 Å². The minimum absolute atomic E-state index is 0.537. The number of hydrogen-bond donors (Lipinski definition) is 1. The van der Waals surface area contributed by atoms with E-state index in [0.29, 0.717) is 21.8 Å². The predicted molar refractivity (Wildman–Crippen MR) is 69.0 cm³/mol. The second-order valence-corrected chi connectivity index (χ2v) is 4.38. The van der Waals surface area contributed by atoms with Crippen LogP contribution in [-0.4, -0.2) is 21.3 Å². The second-order valence-electron chi connectivity index (χ2n) is 3.59. The topological polar surface area (TPSA) is 69.8 Å². The summed E-state index contributed by atoms with van der Waals surface area (Å²) in [5, 5.41) is 19.7. The van der Waals surface area contributed by atoms with Crippen molar-refractivity contribution in [2.45, 2.75) is 11.1 Å². The van der Waals surface area contributed by atoms with E-state index >= 15 is 0 Å². The molecule has 5 heteroatoms. The van der Waals surface area contributed by atoms with Crippen LogP contribution in [0.3, 0.4) is 0 Å². The van der Waals surface area contributed by atoms with Crippen molar-refractivity contribution in [1.82, 2.24) is 9.97 Å². The van der Waals surface area contributed by atoms with Crippen molar-refractivity contribution in [3.63, 3.8) is 0 Å². The Morgan fingerprint density at radius 2 is 1.89 bits per heavy atom. The third-order valence-electron chi connectivity index (χ3n) is 2.50. The van der Waals surface area contributed by atoms with Crippen LogP contribution in [0.2, 0.25) is 0 Å². The number of benzene rings is 1. The van der Waals surface area contributed by atoms with Crippen LogP contribution in [0.5, 0.6) is 0 Å². The summed E-state index contributed by atoms with van der Waals surface area (Å²) in [6.45, 7) is 0. The van der Waals surface area contributed by atoms with E-state index in [2.05, 4.69) is 9.97 Å². The molecule has 2 aromatic rings. The van der Waals surface area contributed by atoms with E-state index in [1.54, 1.807) is 36.7 Å². The van der Waals surface area contributed by atoms with E-state index in [9.17, 15) is 5.11 Å². The molecule has 0 aliphatic heterocycles. The number of rotatable bonds is 3. The zero-order chi connectivity index (χ0) is 13.0. The Morgan fingerprint density at radius 3 is 2.50 bits per heavy atom. The molecule has 1 atom stereocenters. The van der Waals surface area contributed by atoms with Crippen LogP contribution in [0.1, 0.15) is 22.9 Å². The molecule has 0 aliphatic rings. The lowest BCUT2D eigenvalue weighted by Gasteiger charge is -2.12. The number of aliphatic hydroxyl groups excluding tert-OH is 1. The van der Waals surface area contributed by atoms with E-state index in [1.165, 1.54) is 11.8 Å². The largest absolute Gasteiger partial charge is 0.382 e. The van der Waals surface area contributed by atoms with Gasteiger partial charge in [-0.1, -0.05) is 12.1 Å². The predicted octanol–water partition coefficient (Wildman–Crippen LogP) is 2.15. The first-order valence-corrected chi connectivity index (χ1v) is 6.51. The lowest BCUT2D eigenvalue weighted by Crippen LogP contribution is -2.05. The van der Waals surface area contributed by atoms with Crippen molar-refractivity contribution in [1.29, 1.82) is 5.26 Å². The van der Waals surface area contributed by atoms with E-state index in [4.69, 9.17) is 5.26 Å². The molecule has 0 saturated carbocycles. The Labute approximate surface area is 109 Å². The molecule has 0 spiro atoms. The van der Waals surface area contributed by atoms with Gasteiger partial charge in [0.15, 0.2) is 0 Å². The molecular weight excluding hydrogens is 246 g/mol. The van der Waals surface area contributed by atoms with Gasteiger partial charge < -0.3 is 5.11 Å². The molecule has 18 heavy (non-hydrogen) atoms. The maximum Gasteiger partial charge on any atom is 0.124 e. The highest BCUT2D eigenvalue weighted by Crippen LogP contribution is 2.26. The maximum absolute atomic E-state index is 10.3. The van der Waals surface area contributed by atoms with Crippen LogP contribution in [-0.2, 0) is 0 Å². The van der Waals surface area contributed by atoms with E-state index in [1.807, 2.05) is 12.3 Å². The second kappa shape index (κ2) is 5.63. The quantitative estimate of drug-likeness (QED) is 0.853. The third kappa shape index (κ3) is 2.50. The molecule has 4 nitrogen and oxygen atoms in total. The Bertz CT molecular complexity index is 578. The molecule has 0 saturated heterocycles. The maximum atomic E-state index is 10.3. The van der Waals surface area contributed by atoms with Gasteiger partial charge in [-0.3, -0.25) is 4.98 Å². The molecule has 2 rings (SSSR count). The van der Waals surface area contributed by atoms with Crippen molar-refractivity contribution < 1.29 is 5.11 Å². The van der Waals surface area contributed by atoms with E-state index < -0.39 is 6.10 Å². The van der Waals surface area contributed by atoms with Crippen LogP contribution in [0.4, 0.5) is 0 Å². The first-order valence-electron chi connectivity index (χ1n) is 5.29. The van der Waals surface area contributed by atoms with E-state index in [0.717, 1.165) is 0 Å². The first-order chi connectivity index (χ1) is 8.76. The summed E-state index contributed by atoms with van der Waals surface area (Å²) in [6.07, 6.45) is 4.22. The van der Waals surface area contributed by atoms with Crippen LogP contribution in [0, 0.1) is 11.3 Å². The van der Waals surface area contributed by atoms with Crippen LogP contribution in [0.25, 0.3) is 0 Å². The Morgan fingerprint density at radius 1 is 1.22 bits per heavy atom. The summed E-state index contributed by atoms with van der Waals surface area (Å²) in [7, 11) is 0. The van der Waals surface area contributed by atoms with Crippen molar-refractivity contribution in [2.24, 2.45) is 0 Å². The molecule has 0 fully saturated rings. The van der Waals surface area contributed by atoms with Gasteiger partial charge in [0.2, 0.25) is 0 Å². The zero-order valence-electron chi connectivity index (χ0n) is 9.74.